The molecule has 22 heavy (non-hydrogen) atoms. The van der Waals surface area contributed by atoms with E-state index in [1.54, 1.807) is 18.7 Å². The van der Waals surface area contributed by atoms with Crippen molar-refractivity contribution in [2.24, 2.45) is 0 Å². The number of piperidine rings is 1. The zero-order chi connectivity index (χ0) is 16.1. The number of carbonyl (C=O) groups is 2. The molecule has 0 aromatic carbocycles. The van der Waals surface area contributed by atoms with Gasteiger partial charge in [0.25, 0.3) is 5.91 Å². The van der Waals surface area contributed by atoms with E-state index in [0.29, 0.717) is 43.1 Å². The van der Waals surface area contributed by atoms with Gasteiger partial charge in [-0.05, 0) is 33.1 Å². The van der Waals surface area contributed by atoms with Crippen molar-refractivity contribution in [3.05, 3.63) is 17.0 Å². The van der Waals surface area contributed by atoms with E-state index in [9.17, 15) is 9.59 Å². The van der Waals surface area contributed by atoms with Crippen molar-refractivity contribution in [3.8, 4) is 0 Å². The van der Waals surface area contributed by atoms with E-state index in [2.05, 4.69) is 10.5 Å². The third-order valence-electron chi connectivity index (χ3n) is 3.79. The third kappa shape index (κ3) is 3.58. The summed E-state index contributed by atoms with van der Waals surface area (Å²) in [6.07, 6.45) is 1.90. The number of rotatable bonds is 4. The van der Waals surface area contributed by atoms with Gasteiger partial charge in [-0.3, -0.25) is 4.79 Å². The minimum atomic E-state index is -0.433. The average molecular weight is 309 g/mol. The minimum Gasteiger partial charge on any atom is -0.450 e. The molecule has 0 radical (unpaired) electrons. The van der Waals surface area contributed by atoms with Crippen LogP contribution in [0.3, 0.4) is 0 Å². The number of amides is 2. The van der Waals surface area contributed by atoms with Gasteiger partial charge in [-0.25, -0.2) is 4.79 Å². The molecule has 2 amide bonds. The third-order valence-corrected chi connectivity index (χ3v) is 3.79. The van der Waals surface area contributed by atoms with Gasteiger partial charge in [0.1, 0.15) is 11.3 Å². The second kappa shape index (κ2) is 7.29. The summed E-state index contributed by atoms with van der Waals surface area (Å²) in [5, 5.41) is 6.73. The van der Waals surface area contributed by atoms with Crippen molar-refractivity contribution in [2.45, 2.75) is 46.1 Å². The Bertz CT molecular complexity index is 541. The predicted molar refractivity (Wildman–Crippen MR) is 79.7 cm³/mol. The van der Waals surface area contributed by atoms with Crippen LogP contribution in [0.25, 0.3) is 0 Å². The molecule has 1 aromatic heterocycles. The average Bonchev–Trinajstić information content (AvgIpc) is 2.88. The molecule has 0 saturated carbocycles. The Morgan fingerprint density at radius 2 is 2.23 bits per heavy atom. The summed E-state index contributed by atoms with van der Waals surface area (Å²) in [6, 6.07) is -0.0815. The van der Waals surface area contributed by atoms with E-state index in [-0.39, 0.29) is 11.9 Å². The normalized spacial score (nSPS) is 18.1. The Kier molecular flexibility index (Phi) is 5.41. The molecule has 122 valence electrons. The Morgan fingerprint density at radius 1 is 1.45 bits per heavy atom. The van der Waals surface area contributed by atoms with E-state index in [1.165, 1.54) is 0 Å². The first-order valence-electron chi connectivity index (χ1n) is 7.74. The van der Waals surface area contributed by atoms with Gasteiger partial charge in [-0.15, -0.1) is 0 Å². The molecule has 0 bridgehead atoms. The highest BCUT2D eigenvalue weighted by Gasteiger charge is 2.29. The van der Waals surface area contributed by atoms with Crippen molar-refractivity contribution >= 4 is 12.0 Å². The summed E-state index contributed by atoms with van der Waals surface area (Å²) in [7, 11) is 0. The molecule has 0 spiro atoms. The monoisotopic (exact) mass is 309 g/mol. The smallest absolute Gasteiger partial charge is 0.407 e. The molecular weight excluding hydrogens is 286 g/mol. The van der Waals surface area contributed by atoms with E-state index >= 15 is 0 Å². The van der Waals surface area contributed by atoms with Gasteiger partial charge in [-0.1, -0.05) is 12.1 Å². The van der Waals surface area contributed by atoms with Crippen LogP contribution in [-0.2, 0) is 11.2 Å². The molecule has 1 aliphatic heterocycles. The lowest BCUT2D eigenvalue weighted by Gasteiger charge is -2.32. The molecule has 1 unspecified atom stereocenters. The van der Waals surface area contributed by atoms with Gasteiger partial charge in [0.15, 0.2) is 0 Å². The predicted octanol–water partition coefficient (Wildman–Crippen LogP) is 1.90. The number of nitrogens with one attached hydrogen (secondary N) is 1. The number of hydrogen-bond acceptors (Lipinski definition) is 5. The van der Waals surface area contributed by atoms with Gasteiger partial charge < -0.3 is 19.5 Å². The number of hydrogen-bond donors (Lipinski definition) is 1. The summed E-state index contributed by atoms with van der Waals surface area (Å²) in [5.41, 5.74) is 1.24. The molecule has 2 rings (SSSR count). The van der Waals surface area contributed by atoms with Crippen molar-refractivity contribution in [2.75, 3.05) is 19.7 Å². The minimum absolute atomic E-state index is 0.0778. The molecule has 1 atom stereocenters. The molecule has 1 fully saturated rings. The van der Waals surface area contributed by atoms with Crippen LogP contribution in [0, 0.1) is 6.92 Å². The SMILES string of the molecule is CCOC(=O)NC1CCCN(C(=O)c2c(CC)noc2C)C1. The topological polar surface area (TPSA) is 84.7 Å². The van der Waals surface area contributed by atoms with E-state index < -0.39 is 6.09 Å². The maximum atomic E-state index is 12.7. The summed E-state index contributed by atoms with van der Waals surface area (Å²) in [4.78, 5) is 26.0. The maximum absolute atomic E-state index is 12.7. The first-order valence-corrected chi connectivity index (χ1v) is 7.74. The molecular formula is C15H23N3O4. The highest BCUT2D eigenvalue weighted by molar-refractivity contribution is 5.96. The van der Waals surface area contributed by atoms with Gasteiger partial charge in [0, 0.05) is 19.1 Å². The number of carbonyl (C=O) groups excluding carboxylic acids is 2. The lowest BCUT2D eigenvalue weighted by atomic mass is 10.0. The van der Waals surface area contributed by atoms with Crippen molar-refractivity contribution in [3.63, 3.8) is 0 Å². The summed E-state index contributed by atoms with van der Waals surface area (Å²) in [6.45, 7) is 6.93. The second-order valence-corrected chi connectivity index (χ2v) is 5.37. The fourth-order valence-electron chi connectivity index (χ4n) is 2.71. The molecule has 2 heterocycles. The molecule has 1 aliphatic rings. The second-order valence-electron chi connectivity index (χ2n) is 5.37. The van der Waals surface area contributed by atoms with E-state index in [0.717, 1.165) is 12.8 Å². The number of aromatic nitrogens is 1. The van der Waals surface area contributed by atoms with Crippen molar-refractivity contribution in [1.82, 2.24) is 15.4 Å². The van der Waals surface area contributed by atoms with Crippen LogP contribution in [-0.4, -0.2) is 47.8 Å². The molecule has 7 nitrogen and oxygen atoms in total. The van der Waals surface area contributed by atoms with Crippen LogP contribution < -0.4 is 5.32 Å². The van der Waals surface area contributed by atoms with Crippen LogP contribution in [0.2, 0.25) is 0 Å². The first kappa shape index (κ1) is 16.3. The van der Waals surface area contributed by atoms with Gasteiger partial charge in [0.2, 0.25) is 0 Å². The van der Waals surface area contributed by atoms with Gasteiger partial charge >= 0.3 is 6.09 Å². The molecule has 1 N–H and O–H groups in total. The first-order chi connectivity index (χ1) is 10.6. The molecule has 1 saturated heterocycles. The maximum Gasteiger partial charge on any atom is 0.407 e. The van der Waals surface area contributed by atoms with Crippen molar-refractivity contribution in [1.29, 1.82) is 0 Å². The highest BCUT2D eigenvalue weighted by atomic mass is 16.5. The van der Waals surface area contributed by atoms with Crippen LogP contribution >= 0.6 is 0 Å². The molecule has 0 aliphatic carbocycles. The van der Waals surface area contributed by atoms with Crippen molar-refractivity contribution < 1.29 is 18.8 Å². The standard InChI is InChI=1S/C15H23N3O4/c1-4-12-13(10(3)22-17-12)14(19)18-8-6-7-11(9-18)16-15(20)21-5-2/h11H,4-9H2,1-3H3,(H,16,20). The van der Waals surface area contributed by atoms with Gasteiger partial charge in [0.05, 0.1) is 12.3 Å². The highest BCUT2D eigenvalue weighted by Crippen LogP contribution is 2.19. The molecule has 7 heteroatoms. The number of likely N-dealkylation sites (tertiary alicyclic amines) is 1. The Hall–Kier alpha value is -2.05. The number of aryl methyl sites for hydroxylation is 2. The molecule has 1 aromatic rings. The zero-order valence-corrected chi connectivity index (χ0v) is 13.3. The van der Waals surface area contributed by atoms with Crippen LogP contribution in [0.1, 0.15) is 48.5 Å². The zero-order valence-electron chi connectivity index (χ0n) is 13.3. The Morgan fingerprint density at radius 3 is 2.91 bits per heavy atom. The van der Waals surface area contributed by atoms with Crippen LogP contribution in [0.5, 0.6) is 0 Å². The number of ether oxygens (including phenoxy) is 1. The quantitative estimate of drug-likeness (QED) is 0.918. The summed E-state index contributed by atoms with van der Waals surface area (Å²) < 4.78 is 10.0. The summed E-state index contributed by atoms with van der Waals surface area (Å²) in [5.74, 6) is 0.466. The fourth-order valence-corrected chi connectivity index (χ4v) is 2.71. The lowest BCUT2D eigenvalue weighted by Crippen LogP contribution is -2.49. The van der Waals surface area contributed by atoms with Gasteiger partial charge in [-0.2, -0.15) is 0 Å². The summed E-state index contributed by atoms with van der Waals surface area (Å²) >= 11 is 0. The van der Waals surface area contributed by atoms with E-state index in [1.807, 2.05) is 6.92 Å². The lowest BCUT2D eigenvalue weighted by molar-refractivity contribution is 0.0683. The van der Waals surface area contributed by atoms with Crippen LogP contribution in [0.15, 0.2) is 4.52 Å². The van der Waals surface area contributed by atoms with E-state index in [4.69, 9.17) is 9.26 Å². The number of alkyl carbamates (subject to hydrolysis) is 1. The van der Waals surface area contributed by atoms with Crippen LogP contribution in [0.4, 0.5) is 4.79 Å². The Labute approximate surface area is 130 Å². The fraction of sp³-hybridized carbons (Fsp3) is 0.667. The number of nitrogens with zero attached hydrogens (tertiary/aromatic N) is 2. The largest absolute Gasteiger partial charge is 0.450 e. The Balaban J connectivity index is 2.04.